The minimum atomic E-state index is -0.608. The number of rotatable bonds is 11. The highest BCUT2D eigenvalue weighted by Gasteiger charge is 2.28. The Hall–Kier alpha value is -3.47. The first-order valence-electron chi connectivity index (χ1n) is 14.0. The summed E-state index contributed by atoms with van der Waals surface area (Å²) >= 11 is 6.22. The van der Waals surface area contributed by atoms with E-state index in [9.17, 15) is 18.8 Å². The maximum absolute atomic E-state index is 13.2. The minimum Gasteiger partial charge on any atom is -0.482 e. The van der Waals surface area contributed by atoms with Crippen LogP contribution in [0.25, 0.3) is 0 Å². The van der Waals surface area contributed by atoms with Gasteiger partial charge in [0.1, 0.15) is 22.9 Å². The molecule has 2 heterocycles. The number of amides is 1. The van der Waals surface area contributed by atoms with Gasteiger partial charge in [-0.2, -0.15) is 0 Å². The van der Waals surface area contributed by atoms with Crippen LogP contribution in [-0.4, -0.2) is 79.1 Å². The average Bonchev–Trinajstić information content (AvgIpc) is 3.48. The zero-order valence-electron chi connectivity index (χ0n) is 23.1. The van der Waals surface area contributed by atoms with E-state index in [1.165, 1.54) is 25.0 Å². The topological polar surface area (TPSA) is 94.2 Å². The fraction of sp³-hybridized carbons (Fsp3) is 0.433. The van der Waals surface area contributed by atoms with Gasteiger partial charge in [-0.05, 0) is 68.8 Å². The number of ether oxygens (including phenoxy) is 1. The standard InChI is InChI=1S/C30H35ClFN5O4/c1-20-17-36(18-21-4-7-23(32)8-5-21)14-15-37(20)26(38)19-41-25-9-6-22(31)16-24(25)34-28-27(29(39)30(28)40)33-10-13-35-11-2-3-12-35/h4-9,16,20,33-34H,2-3,10-15,17-19H2,1H3/t20-/m1/s1. The van der Waals surface area contributed by atoms with Gasteiger partial charge in [-0.1, -0.05) is 23.7 Å². The number of piperazine rings is 1. The molecule has 0 bridgehead atoms. The van der Waals surface area contributed by atoms with Crippen LogP contribution in [0.15, 0.2) is 52.1 Å². The molecule has 9 nitrogen and oxygen atoms in total. The molecule has 0 aliphatic carbocycles. The summed E-state index contributed by atoms with van der Waals surface area (Å²) in [5, 5.41) is 6.53. The van der Waals surface area contributed by atoms with Gasteiger partial charge in [0, 0.05) is 50.3 Å². The molecular weight excluding hydrogens is 549 g/mol. The molecule has 3 aromatic rings. The van der Waals surface area contributed by atoms with Crippen LogP contribution < -0.4 is 26.2 Å². The molecule has 0 radical (unpaired) electrons. The van der Waals surface area contributed by atoms with Gasteiger partial charge < -0.3 is 25.2 Å². The lowest BCUT2D eigenvalue weighted by Gasteiger charge is -2.39. The maximum atomic E-state index is 13.2. The SMILES string of the molecule is C[C@@H]1CN(Cc2ccc(F)cc2)CCN1C(=O)COc1ccc(Cl)cc1Nc1c(NCCN2CCCC2)c(=O)c1=O. The fourth-order valence-electron chi connectivity index (χ4n) is 5.50. The Balaban J connectivity index is 1.17. The smallest absolute Gasteiger partial charge is 0.260 e. The molecule has 218 valence electrons. The molecule has 2 N–H and O–H groups in total. The molecule has 0 unspecified atom stereocenters. The quantitative estimate of drug-likeness (QED) is 0.332. The van der Waals surface area contributed by atoms with Gasteiger partial charge >= 0.3 is 0 Å². The molecule has 1 amide bonds. The zero-order valence-corrected chi connectivity index (χ0v) is 23.9. The van der Waals surface area contributed by atoms with Crippen molar-refractivity contribution < 1.29 is 13.9 Å². The highest BCUT2D eigenvalue weighted by atomic mass is 35.5. The van der Waals surface area contributed by atoms with Gasteiger partial charge in [0.2, 0.25) is 0 Å². The number of likely N-dealkylation sites (tertiary alicyclic amines) is 1. The maximum Gasteiger partial charge on any atom is 0.260 e. The number of halogens is 2. The molecule has 2 aliphatic rings. The van der Waals surface area contributed by atoms with Crippen LogP contribution in [0.5, 0.6) is 5.75 Å². The van der Waals surface area contributed by atoms with Crippen LogP contribution in [0.3, 0.4) is 0 Å². The van der Waals surface area contributed by atoms with Crippen LogP contribution in [0.1, 0.15) is 25.3 Å². The third kappa shape index (κ3) is 7.06. The third-order valence-corrected chi connectivity index (χ3v) is 7.98. The first-order valence-corrected chi connectivity index (χ1v) is 14.4. The number of anilines is 3. The summed E-state index contributed by atoms with van der Waals surface area (Å²) in [6.45, 7) is 7.87. The van der Waals surface area contributed by atoms with Crippen LogP contribution in [0.2, 0.25) is 5.02 Å². The van der Waals surface area contributed by atoms with Gasteiger partial charge in [-0.25, -0.2) is 4.39 Å². The lowest BCUT2D eigenvalue weighted by atomic mass is 10.1. The molecule has 2 aliphatic heterocycles. The lowest BCUT2D eigenvalue weighted by molar-refractivity contribution is -0.137. The molecule has 0 aromatic heterocycles. The molecule has 11 heteroatoms. The highest BCUT2D eigenvalue weighted by molar-refractivity contribution is 6.31. The van der Waals surface area contributed by atoms with E-state index in [-0.39, 0.29) is 35.7 Å². The van der Waals surface area contributed by atoms with Gasteiger partial charge in [0.25, 0.3) is 16.8 Å². The van der Waals surface area contributed by atoms with Crippen molar-refractivity contribution in [1.29, 1.82) is 0 Å². The number of carbonyl (C=O) groups is 1. The first kappa shape index (κ1) is 29.0. The number of hydrogen-bond acceptors (Lipinski definition) is 8. The summed E-state index contributed by atoms with van der Waals surface area (Å²) < 4.78 is 19.1. The van der Waals surface area contributed by atoms with Gasteiger partial charge in [0.05, 0.1) is 5.69 Å². The Morgan fingerprint density at radius 2 is 1.73 bits per heavy atom. The number of benzene rings is 2. The predicted molar refractivity (Wildman–Crippen MR) is 159 cm³/mol. The van der Waals surface area contributed by atoms with E-state index in [4.69, 9.17) is 16.3 Å². The van der Waals surface area contributed by atoms with Crippen molar-refractivity contribution in [2.24, 2.45) is 0 Å². The first-order chi connectivity index (χ1) is 19.8. The Bertz CT molecular complexity index is 1440. The van der Waals surface area contributed by atoms with Crippen molar-refractivity contribution in [2.75, 3.05) is 63.1 Å². The second kappa shape index (κ2) is 13.0. The van der Waals surface area contributed by atoms with Gasteiger partial charge in [0.15, 0.2) is 6.61 Å². The molecule has 2 saturated heterocycles. The molecule has 0 spiro atoms. The van der Waals surface area contributed by atoms with Crippen molar-refractivity contribution in [3.05, 3.63) is 79.3 Å². The molecular formula is C30H35ClFN5O4. The van der Waals surface area contributed by atoms with E-state index in [0.717, 1.165) is 25.2 Å². The summed E-state index contributed by atoms with van der Waals surface area (Å²) in [6.07, 6.45) is 2.36. The van der Waals surface area contributed by atoms with E-state index < -0.39 is 10.9 Å². The second-order valence-electron chi connectivity index (χ2n) is 10.7. The Kier molecular flexibility index (Phi) is 9.22. The Morgan fingerprint density at radius 3 is 2.46 bits per heavy atom. The molecule has 41 heavy (non-hydrogen) atoms. The molecule has 3 aromatic carbocycles. The number of carbonyl (C=O) groups excluding carboxylic acids is 1. The summed E-state index contributed by atoms with van der Waals surface area (Å²) in [5.41, 5.74) is 0.682. The van der Waals surface area contributed by atoms with E-state index in [2.05, 4.69) is 20.4 Å². The highest BCUT2D eigenvalue weighted by Crippen LogP contribution is 2.32. The summed E-state index contributed by atoms with van der Waals surface area (Å²) in [5.74, 6) is -0.0641. The van der Waals surface area contributed by atoms with Gasteiger partial charge in [-0.15, -0.1) is 0 Å². The Morgan fingerprint density at radius 1 is 1.00 bits per heavy atom. The normalized spacial score (nSPS) is 18.1. The summed E-state index contributed by atoms with van der Waals surface area (Å²) in [6, 6.07) is 11.3. The van der Waals surface area contributed by atoms with Gasteiger partial charge in [-0.3, -0.25) is 19.3 Å². The van der Waals surface area contributed by atoms with Crippen molar-refractivity contribution in [1.82, 2.24) is 14.7 Å². The molecule has 1 atom stereocenters. The molecule has 0 saturated carbocycles. The number of nitrogens with one attached hydrogen (secondary N) is 2. The van der Waals surface area contributed by atoms with Crippen LogP contribution in [-0.2, 0) is 11.3 Å². The fourth-order valence-corrected chi connectivity index (χ4v) is 5.67. The van der Waals surface area contributed by atoms with Crippen LogP contribution >= 0.6 is 11.6 Å². The largest absolute Gasteiger partial charge is 0.482 e. The van der Waals surface area contributed by atoms with E-state index in [0.29, 0.717) is 49.2 Å². The molecule has 2 fully saturated rings. The van der Waals surface area contributed by atoms with E-state index in [1.807, 2.05) is 6.92 Å². The van der Waals surface area contributed by atoms with Crippen molar-refractivity contribution in [3.8, 4) is 5.75 Å². The third-order valence-electron chi connectivity index (χ3n) is 7.74. The summed E-state index contributed by atoms with van der Waals surface area (Å²) in [4.78, 5) is 44.1. The minimum absolute atomic E-state index is 0.0268. The predicted octanol–water partition coefficient (Wildman–Crippen LogP) is 3.44. The zero-order chi connectivity index (χ0) is 28.9. The van der Waals surface area contributed by atoms with Crippen molar-refractivity contribution in [3.63, 3.8) is 0 Å². The van der Waals surface area contributed by atoms with E-state index in [1.54, 1.807) is 35.2 Å². The van der Waals surface area contributed by atoms with Crippen molar-refractivity contribution in [2.45, 2.75) is 32.4 Å². The molecule has 5 rings (SSSR count). The summed E-state index contributed by atoms with van der Waals surface area (Å²) in [7, 11) is 0. The monoisotopic (exact) mass is 583 g/mol. The van der Waals surface area contributed by atoms with E-state index >= 15 is 0 Å². The lowest BCUT2D eigenvalue weighted by Crippen LogP contribution is -2.54. The van der Waals surface area contributed by atoms with Crippen LogP contribution in [0.4, 0.5) is 21.5 Å². The second-order valence-corrected chi connectivity index (χ2v) is 11.2. The van der Waals surface area contributed by atoms with Crippen LogP contribution in [0, 0.1) is 5.82 Å². The number of hydrogen-bond donors (Lipinski definition) is 2. The Labute approximate surface area is 243 Å². The average molecular weight is 584 g/mol. The van der Waals surface area contributed by atoms with Crippen molar-refractivity contribution >= 4 is 34.6 Å². The number of nitrogens with zero attached hydrogens (tertiary/aromatic N) is 3.